The van der Waals surface area contributed by atoms with E-state index in [-0.39, 0.29) is 5.82 Å². The zero-order valence-electron chi connectivity index (χ0n) is 11.9. The standard InChI is InChI=1S/C16H24FNO/c1-12(2)9-18-10-14-6-7-16(15(17)8-14)19-11-13-4-3-5-13/h6-8,12-13,18H,3-5,9-11H2,1-2H3. The molecule has 1 aliphatic carbocycles. The van der Waals surface area contributed by atoms with Crippen LogP contribution in [0.2, 0.25) is 0 Å². The number of benzene rings is 1. The van der Waals surface area contributed by atoms with E-state index in [9.17, 15) is 4.39 Å². The number of nitrogens with one attached hydrogen (secondary N) is 1. The third kappa shape index (κ3) is 4.50. The van der Waals surface area contributed by atoms with Crippen LogP contribution in [0, 0.1) is 17.7 Å². The van der Waals surface area contributed by atoms with Gasteiger partial charge in [-0.25, -0.2) is 4.39 Å². The van der Waals surface area contributed by atoms with Crippen LogP contribution in [0.3, 0.4) is 0 Å². The maximum atomic E-state index is 13.9. The molecule has 1 fully saturated rings. The molecule has 0 aliphatic heterocycles. The Morgan fingerprint density at radius 2 is 2.16 bits per heavy atom. The first-order valence-electron chi connectivity index (χ1n) is 7.27. The molecule has 0 spiro atoms. The summed E-state index contributed by atoms with van der Waals surface area (Å²) in [6.07, 6.45) is 3.73. The number of hydrogen-bond acceptors (Lipinski definition) is 2. The Bertz CT molecular complexity index is 402. The summed E-state index contributed by atoms with van der Waals surface area (Å²) in [5.74, 6) is 1.38. The smallest absolute Gasteiger partial charge is 0.165 e. The monoisotopic (exact) mass is 265 g/mol. The second-order valence-corrected chi connectivity index (χ2v) is 5.90. The van der Waals surface area contributed by atoms with Crippen molar-refractivity contribution >= 4 is 0 Å². The van der Waals surface area contributed by atoms with Gasteiger partial charge < -0.3 is 10.1 Å². The molecule has 106 valence electrons. The highest BCUT2D eigenvalue weighted by Crippen LogP contribution is 2.28. The van der Waals surface area contributed by atoms with Crippen molar-refractivity contribution in [3.8, 4) is 5.75 Å². The molecule has 0 aromatic heterocycles. The first-order valence-corrected chi connectivity index (χ1v) is 7.27. The zero-order valence-corrected chi connectivity index (χ0v) is 11.9. The predicted molar refractivity (Wildman–Crippen MR) is 75.8 cm³/mol. The van der Waals surface area contributed by atoms with Gasteiger partial charge in [0.1, 0.15) is 0 Å². The van der Waals surface area contributed by atoms with Gasteiger partial charge in [-0.2, -0.15) is 0 Å². The van der Waals surface area contributed by atoms with Crippen molar-refractivity contribution in [2.75, 3.05) is 13.2 Å². The Labute approximate surface area is 115 Å². The van der Waals surface area contributed by atoms with Gasteiger partial charge in [0.05, 0.1) is 6.61 Å². The first-order chi connectivity index (χ1) is 9.15. The van der Waals surface area contributed by atoms with E-state index in [1.807, 2.05) is 6.07 Å². The van der Waals surface area contributed by atoms with Crippen LogP contribution in [0.15, 0.2) is 18.2 Å². The fraction of sp³-hybridized carbons (Fsp3) is 0.625. The fourth-order valence-corrected chi connectivity index (χ4v) is 2.14. The average molecular weight is 265 g/mol. The second kappa shape index (κ2) is 6.90. The lowest BCUT2D eigenvalue weighted by Gasteiger charge is -2.25. The quantitative estimate of drug-likeness (QED) is 0.810. The van der Waals surface area contributed by atoms with E-state index in [2.05, 4.69) is 19.2 Å². The van der Waals surface area contributed by atoms with Gasteiger partial charge in [-0.15, -0.1) is 0 Å². The molecule has 1 aromatic rings. The van der Waals surface area contributed by atoms with Gasteiger partial charge in [0.15, 0.2) is 11.6 Å². The van der Waals surface area contributed by atoms with Crippen molar-refractivity contribution in [2.45, 2.75) is 39.7 Å². The second-order valence-electron chi connectivity index (χ2n) is 5.90. The molecule has 0 radical (unpaired) electrons. The van der Waals surface area contributed by atoms with Gasteiger partial charge >= 0.3 is 0 Å². The van der Waals surface area contributed by atoms with E-state index in [0.29, 0.717) is 30.7 Å². The number of hydrogen-bond donors (Lipinski definition) is 1. The number of ether oxygens (including phenoxy) is 1. The highest BCUT2D eigenvalue weighted by atomic mass is 19.1. The summed E-state index contributed by atoms with van der Waals surface area (Å²) in [6.45, 7) is 6.62. The van der Waals surface area contributed by atoms with Crippen LogP contribution in [-0.2, 0) is 6.54 Å². The van der Waals surface area contributed by atoms with Crippen molar-refractivity contribution in [3.63, 3.8) is 0 Å². The molecule has 0 unspecified atom stereocenters. The maximum absolute atomic E-state index is 13.9. The fourth-order valence-electron chi connectivity index (χ4n) is 2.14. The minimum absolute atomic E-state index is 0.247. The first kappa shape index (κ1) is 14.3. The highest BCUT2D eigenvalue weighted by Gasteiger charge is 2.18. The Kier molecular flexibility index (Phi) is 5.20. The molecule has 1 aromatic carbocycles. The van der Waals surface area contributed by atoms with Crippen molar-refractivity contribution in [1.82, 2.24) is 5.32 Å². The Morgan fingerprint density at radius 3 is 2.74 bits per heavy atom. The van der Waals surface area contributed by atoms with E-state index in [0.717, 1.165) is 12.1 Å². The average Bonchev–Trinajstić information content (AvgIpc) is 2.29. The van der Waals surface area contributed by atoms with Crippen molar-refractivity contribution in [3.05, 3.63) is 29.6 Å². The lowest BCUT2D eigenvalue weighted by Crippen LogP contribution is -2.20. The predicted octanol–water partition coefficient (Wildman–Crippen LogP) is 3.75. The topological polar surface area (TPSA) is 21.3 Å². The van der Waals surface area contributed by atoms with Gasteiger partial charge in [0, 0.05) is 6.54 Å². The van der Waals surface area contributed by atoms with Gasteiger partial charge in [-0.1, -0.05) is 26.3 Å². The molecule has 0 bridgehead atoms. The van der Waals surface area contributed by atoms with Crippen LogP contribution in [0.1, 0.15) is 38.7 Å². The van der Waals surface area contributed by atoms with Gasteiger partial charge in [-0.3, -0.25) is 0 Å². The largest absolute Gasteiger partial charge is 0.490 e. The summed E-state index contributed by atoms with van der Waals surface area (Å²) in [6, 6.07) is 5.26. The molecule has 2 nitrogen and oxygen atoms in total. The molecule has 19 heavy (non-hydrogen) atoms. The highest BCUT2D eigenvalue weighted by molar-refractivity contribution is 5.29. The zero-order chi connectivity index (χ0) is 13.7. The van der Waals surface area contributed by atoms with Gasteiger partial charge in [-0.05, 0) is 48.9 Å². The van der Waals surface area contributed by atoms with E-state index in [4.69, 9.17) is 4.74 Å². The molecule has 1 N–H and O–H groups in total. The van der Waals surface area contributed by atoms with E-state index in [1.165, 1.54) is 19.3 Å². The van der Waals surface area contributed by atoms with Crippen molar-refractivity contribution in [2.24, 2.45) is 11.8 Å². The van der Waals surface area contributed by atoms with E-state index in [1.54, 1.807) is 12.1 Å². The Balaban J connectivity index is 1.81. The van der Waals surface area contributed by atoms with Crippen LogP contribution >= 0.6 is 0 Å². The van der Waals surface area contributed by atoms with Crippen LogP contribution in [-0.4, -0.2) is 13.2 Å². The summed E-state index contributed by atoms with van der Waals surface area (Å²) in [4.78, 5) is 0. The lowest BCUT2D eigenvalue weighted by molar-refractivity contribution is 0.175. The molecule has 0 atom stereocenters. The minimum Gasteiger partial charge on any atom is -0.490 e. The molecule has 1 aliphatic rings. The maximum Gasteiger partial charge on any atom is 0.165 e. The van der Waals surface area contributed by atoms with Gasteiger partial charge in [0.25, 0.3) is 0 Å². The molecule has 0 heterocycles. The molecular weight excluding hydrogens is 241 g/mol. The number of rotatable bonds is 7. The molecule has 3 heteroatoms. The van der Waals surface area contributed by atoms with Gasteiger partial charge in [0.2, 0.25) is 0 Å². The van der Waals surface area contributed by atoms with Crippen molar-refractivity contribution in [1.29, 1.82) is 0 Å². The third-order valence-electron chi connectivity index (χ3n) is 3.58. The van der Waals surface area contributed by atoms with Crippen LogP contribution in [0.5, 0.6) is 5.75 Å². The molecule has 0 saturated heterocycles. The summed E-state index contributed by atoms with van der Waals surface area (Å²) in [5, 5.41) is 3.31. The summed E-state index contributed by atoms with van der Waals surface area (Å²) in [7, 11) is 0. The van der Waals surface area contributed by atoms with E-state index >= 15 is 0 Å². The minimum atomic E-state index is -0.247. The van der Waals surface area contributed by atoms with Crippen LogP contribution < -0.4 is 10.1 Å². The summed E-state index contributed by atoms with van der Waals surface area (Å²) >= 11 is 0. The molecule has 0 amide bonds. The van der Waals surface area contributed by atoms with Crippen molar-refractivity contribution < 1.29 is 9.13 Å². The molecule has 1 saturated carbocycles. The Morgan fingerprint density at radius 1 is 1.37 bits per heavy atom. The SMILES string of the molecule is CC(C)CNCc1ccc(OCC2CCC2)c(F)c1. The van der Waals surface area contributed by atoms with E-state index < -0.39 is 0 Å². The lowest BCUT2D eigenvalue weighted by atomic mass is 9.86. The third-order valence-corrected chi connectivity index (χ3v) is 3.58. The normalized spacial score (nSPS) is 15.6. The van der Waals surface area contributed by atoms with Crippen LogP contribution in [0.4, 0.5) is 4.39 Å². The Hall–Kier alpha value is -1.09. The van der Waals surface area contributed by atoms with Crippen LogP contribution in [0.25, 0.3) is 0 Å². The molecular formula is C16H24FNO. The summed E-state index contributed by atoms with van der Waals surface area (Å²) in [5.41, 5.74) is 0.967. The number of halogens is 1. The summed E-state index contributed by atoms with van der Waals surface area (Å²) < 4.78 is 19.4. The molecule has 2 rings (SSSR count).